The molecule has 164 valence electrons. The summed E-state index contributed by atoms with van der Waals surface area (Å²) in [7, 11) is 0. The zero-order valence-corrected chi connectivity index (χ0v) is 18.9. The first kappa shape index (κ1) is 20.4. The Kier molecular flexibility index (Phi) is 5.47. The first-order valence-electron chi connectivity index (χ1n) is 11.4. The van der Waals surface area contributed by atoms with Gasteiger partial charge in [0.1, 0.15) is 5.52 Å². The molecule has 0 unspecified atom stereocenters. The number of aryl methyl sites for hydroxylation is 2. The Morgan fingerprint density at radius 3 is 3.00 bits per heavy atom. The van der Waals surface area contributed by atoms with Crippen LogP contribution < -0.4 is 5.32 Å². The van der Waals surface area contributed by atoms with Gasteiger partial charge in [-0.25, -0.2) is 15.0 Å². The Bertz CT molecular complexity index is 1280. The predicted octanol–water partition coefficient (Wildman–Crippen LogP) is 5.11. The van der Waals surface area contributed by atoms with E-state index in [0.717, 1.165) is 60.3 Å². The second-order valence-corrected chi connectivity index (χ2v) is 8.55. The molecule has 7 heteroatoms. The normalized spacial score (nSPS) is 14.0. The second kappa shape index (κ2) is 8.57. The average Bonchev–Trinajstić information content (AvgIpc) is 3.43. The third-order valence-electron chi connectivity index (χ3n) is 6.24. The maximum atomic E-state index is 4.89. The van der Waals surface area contributed by atoms with E-state index < -0.39 is 0 Å². The average molecular weight is 428 g/mol. The zero-order valence-electron chi connectivity index (χ0n) is 18.9. The van der Waals surface area contributed by atoms with Crippen molar-refractivity contribution in [2.45, 2.75) is 52.5 Å². The molecule has 0 bridgehead atoms. The van der Waals surface area contributed by atoms with E-state index in [1.54, 1.807) is 0 Å². The third-order valence-corrected chi connectivity index (χ3v) is 6.24. The fourth-order valence-corrected chi connectivity index (χ4v) is 4.25. The van der Waals surface area contributed by atoms with E-state index >= 15 is 0 Å². The molecule has 1 aliphatic rings. The number of anilines is 1. The number of nitrogens with one attached hydrogen (secondary N) is 2. The third kappa shape index (κ3) is 3.79. The molecule has 5 rings (SSSR count). The van der Waals surface area contributed by atoms with Crippen LogP contribution in [-0.2, 0) is 12.8 Å². The second-order valence-electron chi connectivity index (χ2n) is 8.55. The number of imidazole rings is 1. The monoisotopic (exact) mass is 427 g/mol. The number of H-pyrrole nitrogens is 1. The Balaban J connectivity index is 1.48. The standard InChI is InChI=1S/C25H29N7/c1-4-17(3)32-15-29-22-24(27-10-9-18-14-28-21-8-6-5-7-20(18)21)30-23(31-25(22)32)19-11-16(2)12-26-13-19/h5,7,11-15,17,28H,4,6,8-10H2,1-3H3,(H,27,30,31)/t17-/m1/s1. The van der Waals surface area contributed by atoms with Crippen LogP contribution in [-0.4, -0.2) is 36.0 Å². The smallest absolute Gasteiger partial charge is 0.166 e. The van der Waals surface area contributed by atoms with Crippen LogP contribution in [0.25, 0.3) is 28.6 Å². The van der Waals surface area contributed by atoms with Crippen molar-refractivity contribution in [3.05, 3.63) is 59.4 Å². The van der Waals surface area contributed by atoms with Gasteiger partial charge in [-0.15, -0.1) is 0 Å². The van der Waals surface area contributed by atoms with Gasteiger partial charge in [0.15, 0.2) is 17.3 Å². The minimum absolute atomic E-state index is 0.310. The molecule has 4 aromatic heterocycles. The van der Waals surface area contributed by atoms with Crippen LogP contribution in [0.4, 0.5) is 5.82 Å². The van der Waals surface area contributed by atoms with E-state index in [1.807, 2.05) is 25.6 Å². The number of hydrogen-bond acceptors (Lipinski definition) is 5. The number of allylic oxidation sites excluding steroid dienone is 1. The lowest BCUT2D eigenvalue weighted by atomic mass is 10.0. The number of fused-ring (bicyclic) bond motifs is 2. The summed E-state index contributed by atoms with van der Waals surface area (Å²) in [6, 6.07) is 2.38. The molecule has 1 aliphatic carbocycles. The summed E-state index contributed by atoms with van der Waals surface area (Å²) in [6.45, 7) is 7.16. The van der Waals surface area contributed by atoms with Gasteiger partial charge in [0.05, 0.1) is 6.33 Å². The summed E-state index contributed by atoms with van der Waals surface area (Å²) in [6.07, 6.45) is 16.3. The Morgan fingerprint density at radius 2 is 2.16 bits per heavy atom. The van der Waals surface area contributed by atoms with Crippen LogP contribution in [0.5, 0.6) is 0 Å². The molecule has 0 radical (unpaired) electrons. The zero-order chi connectivity index (χ0) is 22.1. The lowest BCUT2D eigenvalue weighted by Crippen LogP contribution is -2.10. The summed E-state index contributed by atoms with van der Waals surface area (Å²) in [4.78, 5) is 22.2. The number of rotatable bonds is 7. The van der Waals surface area contributed by atoms with Gasteiger partial charge in [0.2, 0.25) is 0 Å². The van der Waals surface area contributed by atoms with Gasteiger partial charge in [-0.3, -0.25) is 4.98 Å². The molecule has 4 heterocycles. The van der Waals surface area contributed by atoms with Crippen molar-refractivity contribution in [2.24, 2.45) is 0 Å². The fraction of sp³-hybridized carbons (Fsp3) is 0.360. The van der Waals surface area contributed by atoms with Crippen LogP contribution in [0.1, 0.15) is 55.1 Å². The molecule has 1 atom stereocenters. The summed E-state index contributed by atoms with van der Waals surface area (Å²) in [5, 5.41) is 3.54. The summed E-state index contributed by atoms with van der Waals surface area (Å²) >= 11 is 0. The molecular formula is C25H29N7. The highest BCUT2D eigenvalue weighted by atomic mass is 15.2. The highest BCUT2D eigenvalue weighted by molar-refractivity contribution is 5.85. The van der Waals surface area contributed by atoms with Gasteiger partial charge in [-0.05, 0) is 62.3 Å². The Labute approximate surface area is 188 Å². The van der Waals surface area contributed by atoms with E-state index in [9.17, 15) is 0 Å². The Morgan fingerprint density at radius 1 is 1.25 bits per heavy atom. The minimum Gasteiger partial charge on any atom is -0.368 e. The molecule has 32 heavy (non-hydrogen) atoms. The van der Waals surface area contributed by atoms with Crippen molar-refractivity contribution >= 4 is 23.1 Å². The molecule has 0 saturated carbocycles. The topological polar surface area (TPSA) is 84.3 Å². The maximum Gasteiger partial charge on any atom is 0.166 e. The lowest BCUT2D eigenvalue weighted by molar-refractivity contribution is 0.541. The number of nitrogens with zero attached hydrogens (tertiary/aromatic N) is 5. The van der Waals surface area contributed by atoms with Crippen molar-refractivity contribution in [3.63, 3.8) is 0 Å². The van der Waals surface area contributed by atoms with Gasteiger partial charge in [0, 0.05) is 42.4 Å². The molecule has 0 aromatic carbocycles. The SMILES string of the molecule is CC[C@@H](C)n1cnc2c(NCCc3c[nH]c4c3C=CCC4)nc(-c3cncc(C)c3)nc21. The number of aromatic nitrogens is 6. The van der Waals surface area contributed by atoms with Crippen LogP contribution in [0, 0.1) is 6.92 Å². The van der Waals surface area contributed by atoms with E-state index in [2.05, 4.69) is 63.1 Å². The van der Waals surface area contributed by atoms with Gasteiger partial charge < -0.3 is 14.9 Å². The summed E-state index contributed by atoms with van der Waals surface area (Å²) < 4.78 is 2.14. The fourth-order valence-electron chi connectivity index (χ4n) is 4.25. The number of hydrogen-bond donors (Lipinski definition) is 2. The molecule has 4 aromatic rings. The molecule has 0 aliphatic heterocycles. The Hall–Kier alpha value is -3.48. The predicted molar refractivity (Wildman–Crippen MR) is 129 cm³/mol. The number of pyridine rings is 1. The molecule has 7 nitrogen and oxygen atoms in total. The molecular weight excluding hydrogens is 398 g/mol. The van der Waals surface area contributed by atoms with Crippen molar-refractivity contribution in [2.75, 3.05) is 11.9 Å². The van der Waals surface area contributed by atoms with Crippen molar-refractivity contribution in [1.29, 1.82) is 0 Å². The van der Waals surface area contributed by atoms with Crippen molar-refractivity contribution in [1.82, 2.24) is 29.5 Å². The van der Waals surface area contributed by atoms with Crippen molar-refractivity contribution < 1.29 is 0 Å². The summed E-state index contributed by atoms with van der Waals surface area (Å²) in [5.41, 5.74) is 7.69. The van der Waals surface area contributed by atoms with E-state index in [4.69, 9.17) is 9.97 Å². The molecule has 0 spiro atoms. The van der Waals surface area contributed by atoms with Crippen LogP contribution in [0.15, 0.2) is 37.1 Å². The molecule has 2 N–H and O–H groups in total. The van der Waals surface area contributed by atoms with Gasteiger partial charge in [-0.1, -0.05) is 19.1 Å². The largest absolute Gasteiger partial charge is 0.368 e. The van der Waals surface area contributed by atoms with Crippen molar-refractivity contribution in [3.8, 4) is 11.4 Å². The highest BCUT2D eigenvalue weighted by Crippen LogP contribution is 2.27. The lowest BCUT2D eigenvalue weighted by Gasteiger charge is -2.13. The van der Waals surface area contributed by atoms with Gasteiger partial charge in [-0.2, -0.15) is 0 Å². The molecule has 0 amide bonds. The van der Waals surface area contributed by atoms with Crippen LogP contribution in [0.3, 0.4) is 0 Å². The van der Waals surface area contributed by atoms with Crippen LogP contribution >= 0.6 is 0 Å². The molecule has 0 saturated heterocycles. The minimum atomic E-state index is 0.310. The van der Waals surface area contributed by atoms with Gasteiger partial charge in [0.25, 0.3) is 0 Å². The van der Waals surface area contributed by atoms with E-state index in [0.29, 0.717) is 11.9 Å². The first-order valence-corrected chi connectivity index (χ1v) is 11.4. The quantitative estimate of drug-likeness (QED) is 0.428. The van der Waals surface area contributed by atoms with Crippen LogP contribution in [0.2, 0.25) is 0 Å². The van der Waals surface area contributed by atoms with Gasteiger partial charge >= 0.3 is 0 Å². The highest BCUT2D eigenvalue weighted by Gasteiger charge is 2.17. The van der Waals surface area contributed by atoms with E-state index in [-0.39, 0.29) is 0 Å². The first-order chi connectivity index (χ1) is 15.6. The molecule has 0 fully saturated rings. The van der Waals surface area contributed by atoms with E-state index in [1.165, 1.54) is 16.8 Å². The summed E-state index contributed by atoms with van der Waals surface area (Å²) in [5.74, 6) is 1.44. The maximum absolute atomic E-state index is 4.89. The number of aromatic amines is 1.